The number of carbonyl (C=O) groups is 2. The topological polar surface area (TPSA) is 63.6 Å². The number of halogens is 1. The van der Waals surface area contributed by atoms with Crippen LogP contribution in [0.3, 0.4) is 0 Å². The smallest absolute Gasteiger partial charge is 0.310 e. The zero-order valence-corrected chi connectivity index (χ0v) is 20.8. The Bertz CT molecular complexity index is 1020. The van der Waals surface area contributed by atoms with Crippen molar-refractivity contribution in [2.45, 2.75) is 72.0 Å². The summed E-state index contributed by atoms with van der Waals surface area (Å²) in [6, 6.07) is 5.82. The van der Waals surface area contributed by atoms with Crippen LogP contribution in [0, 0.1) is 39.8 Å². The van der Waals surface area contributed by atoms with Crippen LogP contribution in [-0.4, -0.2) is 29.1 Å². The molecule has 34 heavy (non-hydrogen) atoms. The summed E-state index contributed by atoms with van der Waals surface area (Å²) < 4.78 is 19.5. The van der Waals surface area contributed by atoms with Gasteiger partial charge < -0.3 is 9.84 Å². The van der Waals surface area contributed by atoms with Gasteiger partial charge in [-0.3, -0.25) is 9.59 Å². The average Bonchev–Trinajstić information content (AvgIpc) is 3.06. The molecular formula is C29H37FO4. The molecule has 2 bridgehead atoms. The number of benzene rings is 1. The lowest BCUT2D eigenvalue weighted by Gasteiger charge is -2.61. The highest BCUT2D eigenvalue weighted by Gasteiger charge is 2.68. The van der Waals surface area contributed by atoms with Crippen molar-refractivity contribution in [2.24, 2.45) is 34.0 Å². The third-order valence-electron chi connectivity index (χ3n) is 9.80. The first kappa shape index (κ1) is 24.8. The minimum atomic E-state index is -0.754. The molecule has 0 saturated heterocycles. The number of aliphatic hydroxyl groups excluding tert-OH is 1. The number of rotatable bonds is 4. The van der Waals surface area contributed by atoms with Gasteiger partial charge in [-0.2, -0.15) is 0 Å². The summed E-state index contributed by atoms with van der Waals surface area (Å²) in [7, 11) is 0. The zero-order chi connectivity index (χ0) is 25.1. The molecule has 0 heterocycles. The fourth-order valence-electron chi connectivity index (χ4n) is 7.45. The highest BCUT2D eigenvalue weighted by atomic mass is 19.1. The Morgan fingerprint density at radius 1 is 1.26 bits per heavy atom. The maximum Gasteiger partial charge on any atom is 0.310 e. The molecule has 0 aromatic heterocycles. The van der Waals surface area contributed by atoms with Crippen molar-refractivity contribution < 1.29 is 23.8 Å². The van der Waals surface area contributed by atoms with Gasteiger partial charge >= 0.3 is 5.97 Å². The van der Waals surface area contributed by atoms with Crippen LogP contribution in [0.5, 0.6) is 0 Å². The number of hydrogen-bond acceptors (Lipinski definition) is 4. The van der Waals surface area contributed by atoms with Crippen molar-refractivity contribution in [3.8, 4) is 0 Å². The Morgan fingerprint density at radius 2 is 1.91 bits per heavy atom. The first-order valence-corrected chi connectivity index (χ1v) is 12.4. The van der Waals surface area contributed by atoms with Crippen molar-refractivity contribution in [3.05, 3.63) is 60.5 Å². The van der Waals surface area contributed by atoms with E-state index in [1.54, 1.807) is 18.2 Å². The van der Waals surface area contributed by atoms with Gasteiger partial charge in [0, 0.05) is 22.7 Å². The Morgan fingerprint density at radius 3 is 2.53 bits per heavy atom. The molecule has 5 heteroatoms. The number of hydrogen-bond donors (Lipinski definition) is 1. The summed E-state index contributed by atoms with van der Waals surface area (Å²) in [6.07, 6.45) is 3.14. The minimum Gasteiger partial charge on any atom is -0.461 e. The van der Waals surface area contributed by atoms with E-state index in [1.807, 2.05) is 6.92 Å². The number of Topliss-reactive ketones (excluding diaryl/α,β-unsaturated/α-hetero) is 1. The van der Waals surface area contributed by atoms with E-state index in [0.717, 1.165) is 12.8 Å². The standard InChI is InChI=1S/C29H37FO4/c1-7-27(5)16-22(31)28(6)18(3)12-13-29(15-17(2)24(33)25(28)29)19(4)26(27)34-23(32)14-20-8-10-21(30)11-9-20/h7-11,18-19,22,25-26,31H,1-2,12-16H2,3-6H3/t18-,19+,22-,25+,26+,27-,28+,29+/m1/s1. The van der Waals surface area contributed by atoms with Gasteiger partial charge in [-0.25, -0.2) is 4.39 Å². The molecule has 0 unspecified atom stereocenters. The Kier molecular flexibility index (Phi) is 6.17. The number of ether oxygens (including phenoxy) is 1. The van der Waals surface area contributed by atoms with Crippen LogP contribution in [0.15, 0.2) is 49.1 Å². The molecule has 1 aromatic rings. The Balaban J connectivity index is 1.75. The summed E-state index contributed by atoms with van der Waals surface area (Å²) in [6.45, 7) is 16.5. The van der Waals surface area contributed by atoms with E-state index in [1.165, 1.54) is 12.1 Å². The molecular weight excluding hydrogens is 431 g/mol. The van der Waals surface area contributed by atoms with Crippen molar-refractivity contribution in [3.63, 3.8) is 0 Å². The monoisotopic (exact) mass is 468 g/mol. The lowest BCUT2D eigenvalue weighted by Crippen LogP contribution is -2.63. The molecule has 4 nitrogen and oxygen atoms in total. The summed E-state index contributed by atoms with van der Waals surface area (Å²) >= 11 is 0. The van der Waals surface area contributed by atoms with Gasteiger partial charge in [0.1, 0.15) is 11.9 Å². The maximum atomic E-state index is 13.5. The molecule has 3 aliphatic carbocycles. The SMILES string of the molecule is C=C[C@]1(C)C[C@@H](O)[C@]2(C)[C@H](C)CC[C@]3(CC(=C)C(=O)[C@H]32)[C@@H](C)[C@@H]1OC(=O)Cc1ccc(F)cc1. The Labute approximate surface area is 202 Å². The molecule has 1 N–H and O–H groups in total. The molecule has 0 aliphatic heterocycles. The average molecular weight is 469 g/mol. The first-order chi connectivity index (χ1) is 15.9. The van der Waals surface area contributed by atoms with E-state index in [-0.39, 0.29) is 35.8 Å². The molecule has 8 atom stereocenters. The number of carbonyl (C=O) groups excluding carboxylic acids is 2. The van der Waals surface area contributed by atoms with Gasteiger partial charge in [0.05, 0.1) is 12.5 Å². The van der Waals surface area contributed by atoms with Gasteiger partial charge in [0.15, 0.2) is 5.78 Å². The predicted molar refractivity (Wildman–Crippen MR) is 129 cm³/mol. The maximum absolute atomic E-state index is 13.5. The van der Waals surface area contributed by atoms with Crippen LogP contribution in [0.2, 0.25) is 0 Å². The molecule has 3 fully saturated rings. The van der Waals surface area contributed by atoms with Crippen molar-refractivity contribution in [2.75, 3.05) is 0 Å². The van der Waals surface area contributed by atoms with E-state index in [2.05, 4.69) is 33.9 Å². The van der Waals surface area contributed by atoms with Crippen LogP contribution in [0.1, 0.15) is 58.9 Å². The van der Waals surface area contributed by atoms with E-state index < -0.39 is 34.4 Å². The molecule has 3 saturated carbocycles. The lowest BCUT2D eigenvalue weighted by atomic mass is 9.44. The van der Waals surface area contributed by atoms with Crippen LogP contribution in [-0.2, 0) is 20.7 Å². The van der Waals surface area contributed by atoms with E-state index >= 15 is 0 Å². The third kappa shape index (κ3) is 3.59. The number of esters is 1. The normalized spacial score (nSPS) is 41.9. The Hall–Kier alpha value is -2.27. The van der Waals surface area contributed by atoms with Crippen molar-refractivity contribution in [1.82, 2.24) is 0 Å². The molecule has 3 aliphatic rings. The van der Waals surface area contributed by atoms with Crippen molar-refractivity contribution >= 4 is 11.8 Å². The third-order valence-corrected chi connectivity index (χ3v) is 9.80. The largest absolute Gasteiger partial charge is 0.461 e. The quantitative estimate of drug-likeness (QED) is 0.363. The van der Waals surface area contributed by atoms with E-state index in [9.17, 15) is 19.1 Å². The molecule has 4 rings (SSSR count). The first-order valence-electron chi connectivity index (χ1n) is 12.4. The molecule has 0 amide bonds. The van der Waals surface area contributed by atoms with Gasteiger partial charge in [0.25, 0.3) is 0 Å². The van der Waals surface area contributed by atoms with Crippen molar-refractivity contribution in [1.29, 1.82) is 0 Å². The van der Waals surface area contributed by atoms with Gasteiger partial charge in [-0.05, 0) is 60.3 Å². The summed E-state index contributed by atoms with van der Waals surface area (Å²) in [5, 5.41) is 11.7. The van der Waals surface area contributed by atoms with E-state index in [0.29, 0.717) is 24.0 Å². The van der Waals surface area contributed by atoms with E-state index in [4.69, 9.17) is 4.74 Å². The summed E-state index contributed by atoms with van der Waals surface area (Å²) in [5.41, 5.74) is -0.411. The second-order valence-electron chi connectivity index (χ2n) is 11.5. The number of aliphatic hydroxyl groups is 1. The molecule has 184 valence electrons. The molecule has 1 aromatic carbocycles. The number of allylic oxidation sites excluding steroid dienone is 1. The fourth-order valence-corrected chi connectivity index (χ4v) is 7.45. The summed E-state index contributed by atoms with van der Waals surface area (Å²) in [4.78, 5) is 26.6. The summed E-state index contributed by atoms with van der Waals surface area (Å²) in [5.74, 6) is -1.03. The zero-order valence-electron chi connectivity index (χ0n) is 20.8. The van der Waals surface area contributed by atoms with Crippen LogP contribution >= 0.6 is 0 Å². The number of ketones is 1. The highest BCUT2D eigenvalue weighted by Crippen LogP contribution is 2.68. The minimum absolute atomic E-state index is 0.0239. The predicted octanol–water partition coefficient (Wildman–Crippen LogP) is 5.44. The second kappa shape index (κ2) is 8.44. The van der Waals surface area contributed by atoms with Gasteiger partial charge in [-0.15, -0.1) is 6.58 Å². The fraction of sp³-hybridized carbons (Fsp3) is 0.586. The molecule has 0 radical (unpaired) electrons. The van der Waals surface area contributed by atoms with Gasteiger partial charge in [0.2, 0.25) is 0 Å². The lowest BCUT2D eigenvalue weighted by molar-refractivity contribution is -0.203. The van der Waals surface area contributed by atoms with Crippen LogP contribution in [0.4, 0.5) is 4.39 Å². The van der Waals surface area contributed by atoms with Crippen LogP contribution < -0.4 is 0 Å². The van der Waals surface area contributed by atoms with Crippen LogP contribution in [0.25, 0.3) is 0 Å². The second-order valence-corrected chi connectivity index (χ2v) is 11.5. The highest BCUT2D eigenvalue weighted by molar-refractivity contribution is 6.00. The van der Waals surface area contributed by atoms with Gasteiger partial charge in [-0.1, -0.05) is 52.5 Å². The molecule has 0 spiro atoms.